The summed E-state index contributed by atoms with van der Waals surface area (Å²) in [5.41, 5.74) is 1.44. The first-order valence-corrected chi connectivity index (χ1v) is 16.0. The largest absolute Gasteiger partial charge is 0.497 e. The summed E-state index contributed by atoms with van der Waals surface area (Å²) in [5, 5.41) is 26.1. The van der Waals surface area contributed by atoms with Crippen molar-refractivity contribution in [3.05, 3.63) is 99.9 Å². The number of hydrogen-bond acceptors (Lipinski definition) is 11. The van der Waals surface area contributed by atoms with Gasteiger partial charge in [0, 0.05) is 50.1 Å². The van der Waals surface area contributed by atoms with E-state index in [2.05, 4.69) is 21.5 Å². The molecule has 2 heterocycles. The van der Waals surface area contributed by atoms with Crippen LogP contribution in [-0.4, -0.2) is 86.4 Å². The number of aromatic nitrogens is 1. The first kappa shape index (κ1) is 34.9. The average Bonchev–Trinajstić information content (AvgIpc) is 3.09. The van der Waals surface area contributed by atoms with Gasteiger partial charge in [-0.1, -0.05) is 18.1 Å². The highest BCUT2D eigenvalue weighted by Gasteiger charge is 2.30. The number of carbonyl (C=O) groups is 1. The van der Waals surface area contributed by atoms with E-state index in [1.165, 1.54) is 43.5 Å². The maximum Gasteiger partial charge on any atom is 0.287 e. The summed E-state index contributed by atoms with van der Waals surface area (Å²) in [6.07, 6.45) is 7.77. The second-order valence-electron chi connectivity index (χ2n) is 10.2. The molecule has 1 aliphatic rings. The van der Waals surface area contributed by atoms with Gasteiger partial charge in [0.05, 0.1) is 30.1 Å². The summed E-state index contributed by atoms with van der Waals surface area (Å²) in [5.74, 6) is 2.74. The second kappa shape index (κ2) is 16.5. The van der Waals surface area contributed by atoms with Gasteiger partial charge in [-0.3, -0.25) is 14.9 Å². The molecule has 0 bridgehead atoms. The number of terminal acetylenes is 1. The summed E-state index contributed by atoms with van der Waals surface area (Å²) in [6.45, 7) is -0.236. The van der Waals surface area contributed by atoms with Crippen LogP contribution in [0.5, 0.6) is 5.75 Å². The molecule has 0 radical (unpaired) electrons. The van der Waals surface area contributed by atoms with E-state index in [-0.39, 0.29) is 55.0 Å². The fraction of sp³-hybridized carbons (Fsp3) is 0.312. The van der Waals surface area contributed by atoms with E-state index in [9.17, 15) is 28.4 Å². The highest BCUT2D eigenvalue weighted by Crippen LogP contribution is 2.32. The smallest absolute Gasteiger partial charge is 0.287 e. The van der Waals surface area contributed by atoms with E-state index < -0.39 is 33.8 Å². The van der Waals surface area contributed by atoms with Crippen LogP contribution in [0, 0.1) is 22.5 Å². The fourth-order valence-corrected chi connectivity index (χ4v) is 6.09. The molecular weight excluding hydrogens is 630 g/mol. The van der Waals surface area contributed by atoms with Gasteiger partial charge in [0.2, 0.25) is 16.3 Å². The molecule has 1 aliphatic heterocycles. The number of rotatable bonds is 16. The Morgan fingerprint density at radius 1 is 1.15 bits per heavy atom. The number of anilines is 1. The number of nitrogens with one attached hydrogen (secondary N) is 2. The van der Waals surface area contributed by atoms with E-state index in [4.69, 9.17) is 20.6 Å². The van der Waals surface area contributed by atoms with E-state index in [1.54, 1.807) is 18.2 Å². The number of aliphatic hydroxyl groups is 1. The van der Waals surface area contributed by atoms with Crippen molar-refractivity contribution in [2.24, 2.45) is 0 Å². The normalized spacial score (nSPS) is 16.0. The number of aliphatic hydroxyl groups excluding tert-OH is 1. The van der Waals surface area contributed by atoms with E-state index in [0.29, 0.717) is 23.6 Å². The Hall–Kier alpha value is -5.01. The molecule has 0 aliphatic carbocycles. The van der Waals surface area contributed by atoms with Crippen molar-refractivity contribution in [3.63, 3.8) is 0 Å². The molecule has 1 aromatic heterocycles. The third-order valence-electron chi connectivity index (χ3n) is 7.15. The molecule has 0 saturated carbocycles. The van der Waals surface area contributed by atoms with Crippen LogP contribution in [0.25, 0.3) is 0 Å². The van der Waals surface area contributed by atoms with Crippen LogP contribution in [0.1, 0.15) is 23.5 Å². The number of amides is 1. The Balaban J connectivity index is 1.40. The quantitative estimate of drug-likeness (QED) is 0.0885. The first-order valence-electron chi connectivity index (χ1n) is 14.6. The number of nitrogens with zero attached hydrogens (tertiary/aromatic N) is 3. The van der Waals surface area contributed by atoms with Gasteiger partial charge >= 0.3 is 0 Å². The molecule has 3 N–H and O–H groups in total. The predicted octanol–water partition coefficient (Wildman–Crippen LogP) is 2.62. The molecule has 47 heavy (non-hydrogen) atoms. The molecule has 248 valence electrons. The third-order valence-corrected chi connectivity index (χ3v) is 9.07. The molecule has 3 aromatic rings. The Kier molecular flexibility index (Phi) is 12.3. The molecule has 0 spiro atoms. The minimum absolute atomic E-state index is 0.0267. The van der Waals surface area contributed by atoms with Crippen molar-refractivity contribution in [1.82, 2.24) is 14.6 Å². The van der Waals surface area contributed by atoms with Gasteiger partial charge < -0.3 is 30.0 Å². The van der Waals surface area contributed by atoms with Gasteiger partial charge in [-0.05, 0) is 54.1 Å². The first-order chi connectivity index (χ1) is 22.6. The zero-order valence-electron chi connectivity index (χ0n) is 25.6. The predicted molar refractivity (Wildman–Crippen MR) is 172 cm³/mol. The van der Waals surface area contributed by atoms with Crippen LogP contribution >= 0.6 is 0 Å². The number of benzene rings is 2. The van der Waals surface area contributed by atoms with E-state index >= 15 is 0 Å². The van der Waals surface area contributed by atoms with Gasteiger partial charge in [0.15, 0.2) is 5.76 Å². The van der Waals surface area contributed by atoms with Crippen LogP contribution in [0.3, 0.4) is 0 Å². The molecule has 4 rings (SSSR count). The Morgan fingerprint density at radius 3 is 2.51 bits per heavy atom. The number of ether oxygens (including phenoxy) is 3. The van der Waals surface area contributed by atoms with Crippen LogP contribution in [0.15, 0.2) is 83.6 Å². The number of nitro groups is 1. The topological polar surface area (TPSA) is 182 Å². The van der Waals surface area contributed by atoms with Crippen LogP contribution in [0.4, 0.5) is 11.5 Å². The van der Waals surface area contributed by atoms with Crippen molar-refractivity contribution in [3.8, 4) is 18.1 Å². The molecule has 14 nitrogen and oxygen atoms in total. The summed E-state index contributed by atoms with van der Waals surface area (Å²) in [7, 11) is -2.47. The number of sulfonamides is 1. The lowest BCUT2D eigenvalue weighted by atomic mass is 9.92. The third kappa shape index (κ3) is 9.50. The Labute approximate surface area is 272 Å². The summed E-state index contributed by atoms with van der Waals surface area (Å²) in [6, 6.07) is 16.0. The van der Waals surface area contributed by atoms with E-state index in [0.717, 1.165) is 16.1 Å². The van der Waals surface area contributed by atoms with E-state index in [1.807, 2.05) is 12.1 Å². The summed E-state index contributed by atoms with van der Waals surface area (Å²) < 4.78 is 44.6. The van der Waals surface area contributed by atoms with Crippen molar-refractivity contribution in [2.75, 3.05) is 51.8 Å². The van der Waals surface area contributed by atoms with Crippen molar-refractivity contribution in [2.45, 2.75) is 23.5 Å². The van der Waals surface area contributed by atoms with Gasteiger partial charge in [-0.25, -0.2) is 13.4 Å². The highest BCUT2D eigenvalue weighted by molar-refractivity contribution is 7.89. The van der Waals surface area contributed by atoms with Crippen LogP contribution < -0.4 is 15.4 Å². The molecule has 1 amide bonds. The molecule has 2 atom stereocenters. The monoisotopic (exact) mass is 665 g/mol. The standard InChI is InChI=1S/C32H35N5O9S/c1-3-23-4-6-24(7-5-23)25-20-29(32(39)34-15-14-33-30-13-8-26(22-35-30)37(40)41)46-31(21-25)45-19-17-36(16-18-38)47(42,43)28-11-9-27(44-2)10-12-28/h1,4-13,20,22,25,31,38H,14-19,21H2,2H3,(H,33,35)(H,34,39)/t25-,31+/m1/s1. The molecule has 0 unspecified atom stereocenters. The summed E-state index contributed by atoms with van der Waals surface area (Å²) in [4.78, 5) is 27.4. The van der Waals surface area contributed by atoms with Crippen molar-refractivity contribution < 1.29 is 37.5 Å². The minimum atomic E-state index is -3.95. The summed E-state index contributed by atoms with van der Waals surface area (Å²) >= 11 is 0. The maximum atomic E-state index is 13.3. The SMILES string of the molecule is C#Cc1ccc([C@@H]2C=C(C(=O)NCCNc3ccc([N+](=O)[O-])cn3)O[C@H](OCCN(CCO)S(=O)(=O)c3ccc(OC)cc3)C2)cc1. The van der Waals surface area contributed by atoms with Gasteiger partial charge in [-0.15, -0.1) is 6.42 Å². The van der Waals surface area contributed by atoms with Crippen molar-refractivity contribution in [1.29, 1.82) is 0 Å². The van der Waals surface area contributed by atoms with Crippen LogP contribution in [-0.2, 0) is 24.3 Å². The molecule has 2 aromatic carbocycles. The number of pyridine rings is 1. The minimum Gasteiger partial charge on any atom is -0.497 e. The number of allylic oxidation sites excluding steroid dienone is 1. The van der Waals surface area contributed by atoms with Gasteiger partial charge in [0.1, 0.15) is 17.8 Å². The highest BCUT2D eigenvalue weighted by atomic mass is 32.2. The molecule has 0 fully saturated rings. The zero-order valence-corrected chi connectivity index (χ0v) is 26.4. The lowest BCUT2D eigenvalue weighted by Gasteiger charge is -2.30. The molecular formula is C32H35N5O9S. The Bertz CT molecular complexity index is 1690. The molecule has 15 heteroatoms. The van der Waals surface area contributed by atoms with Crippen LogP contribution in [0.2, 0.25) is 0 Å². The van der Waals surface area contributed by atoms with Gasteiger partial charge in [-0.2, -0.15) is 4.31 Å². The Morgan fingerprint density at radius 2 is 1.89 bits per heavy atom. The second-order valence-corrected chi connectivity index (χ2v) is 12.1. The lowest BCUT2D eigenvalue weighted by molar-refractivity contribution is -0.385. The van der Waals surface area contributed by atoms with Crippen molar-refractivity contribution >= 4 is 27.4 Å². The number of hydrogen-bond donors (Lipinski definition) is 3. The maximum absolute atomic E-state index is 13.3. The number of methoxy groups -OCH3 is 1. The zero-order chi connectivity index (χ0) is 33.8. The van der Waals surface area contributed by atoms with Gasteiger partial charge in [0.25, 0.3) is 11.6 Å². The lowest BCUT2D eigenvalue weighted by Crippen LogP contribution is -2.38. The fourth-order valence-electron chi connectivity index (χ4n) is 4.68. The number of carbonyl (C=O) groups excluding carboxylic acids is 1. The molecule has 0 saturated heterocycles. The average molecular weight is 666 g/mol.